The van der Waals surface area contributed by atoms with Gasteiger partial charge in [-0.1, -0.05) is 115 Å². The number of benzene rings is 6. The fraction of sp³-hybridized carbons (Fsp3) is 0.339. The van der Waals surface area contributed by atoms with E-state index in [1.165, 1.54) is 132 Å². The summed E-state index contributed by atoms with van der Waals surface area (Å²) in [7, 11) is 0. The zero-order valence-corrected chi connectivity index (χ0v) is 36.1. The molecule has 8 aliphatic carbocycles. The molecule has 0 aliphatic heterocycles. The van der Waals surface area contributed by atoms with Crippen molar-refractivity contribution in [3.63, 3.8) is 0 Å². The monoisotopic (exact) mass is 818 g/mol. The maximum atomic E-state index is 5.86. The van der Waals surface area contributed by atoms with Crippen molar-refractivity contribution in [2.45, 2.75) is 87.9 Å². The van der Waals surface area contributed by atoms with Crippen molar-refractivity contribution in [1.29, 1.82) is 0 Å². The molecule has 0 spiro atoms. The van der Waals surface area contributed by atoms with Crippen LogP contribution in [0.5, 0.6) is 0 Å². The normalized spacial score (nSPS) is 29.0. The lowest BCUT2D eigenvalue weighted by atomic mass is 9.49. The average molecular weight is 819 g/mol. The van der Waals surface area contributed by atoms with Crippen LogP contribution in [0.3, 0.4) is 0 Å². The molecule has 8 aromatic rings. The van der Waals surface area contributed by atoms with E-state index in [1.54, 1.807) is 0 Å². The molecule has 0 saturated heterocycles. The van der Waals surface area contributed by atoms with Crippen LogP contribution in [0.2, 0.25) is 0 Å². The van der Waals surface area contributed by atoms with E-state index < -0.39 is 0 Å². The van der Waals surface area contributed by atoms with Crippen LogP contribution in [-0.2, 0) is 10.8 Å². The number of aromatic nitrogens is 4. The van der Waals surface area contributed by atoms with E-state index in [-0.39, 0.29) is 10.8 Å². The number of hydrogen-bond acceptors (Lipinski definition) is 3. The van der Waals surface area contributed by atoms with Crippen molar-refractivity contribution in [2.24, 2.45) is 35.5 Å². The van der Waals surface area contributed by atoms with Gasteiger partial charge in [-0.15, -0.1) is 0 Å². The van der Waals surface area contributed by atoms with Gasteiger partial charge in [-0.3, -0.25) is 0 Å². The molecule has 8 aliphatic rings. The first kappa shape index (κ1) is 36.6. The average Bonchev–Trinajstić information content (AvgIpc) is 3.64. The summed E-state index contributed by atoms with van der Waals surface area (Å²) in [5.74, 6) is 8.04. The van der Waals surface area contributed by atoms with E-state index in [1.807, 2.05) is 0 Å². The standard InChI is InChI=1S/C59H54N4/c1-4-11-43(12-5-1)46-19-21-52-50(29-46)51-30-47(44-13-6-2-7-14-44)20-22-53(51)63(52)54-48(45-15-8-3-9-16-45)17-10-18-49(54)55-60-56(58-31-37-23-38(32-58)25-39(24-37)33-58)62-57(61-55)59-34-40-26-41(35-59)28-42(27-40)36-59/h1-22,29-30,37-42H,23-28,31-36H2. The minimum absolute atomic E-state index is 0.0647. The van der Waals surface area contributed by atoms with E-state index in [0.29, 0.717) is 0 Å². The summed E-state index contributed by atoms with van der Waals surface area (Å²) in [5.41, 5.74) is 12.1. The smallest absolute Gasteiger partial charge is 0.165 e. The lowest BCUT2D eigenvalue weighted by Gasteiger charge is -2.57. The Balaban J connectivity index is 1.05. The zero-order valence-electron chi connectivity index (χ0n) is 36.1. The highest BCUT2D eigenvalue weighted by atomic mass is 15.1. The van der Waals surface area contributed by atoms with Gasteiger partial charge in [0.05, 0.1) is 16.7 Å². The molecule has 0 atom stereocenters. The minimum Gasteiger partial charge on any atom is -0.308 e. The minimum atomic E-state index is 0.0647. The van der Waals surface area contributed by atoms with E-state index in [9.17, 15) is 0 Å². The van der Waals surface area contributed by atoms with Crippen LogP contribution in [0.1, 0.15) is 88.7 Å². The maximum absolute atomic E-state index is 5.86. The van der Waals surface area contributed by atoms with Crippen LogP contribution >= 0.6 is 0 Å². The second kappa shape index (κ2) is 13.8. The van der Waals surface area contributed by atoms with Crippen LogP contribution in [-0.4, -0.2) is 19.5 Å². The van der Waals surface area contributed by atoms with Crippen LogP contribution in [0.25, 0.3) is 72.3 Å². The van der Waals surface area contributed by atoms with Gasteiger partial charge < -0.3 is 4.57 Å². The molecular weight excluding hydrogens is 765 g/mol. The molecule has 63 heavy (non-hydrogen) atoms. The molecular formula is C59H54N4. The summed E-state index contributed by atoms with van der Waals surface area (Å²) in [5, 5.41) is 2.49. The Hall–Kier alpha value is -5.87. The van der Waals surface area contributed by atoms with Crippen molar-refractivity contribution in [2.75, 3.05) is 0 Å². The van der Waals surface area contributed by atoms with Gasteiger partial charge in [0.2, 0.25) is 0 Å². The molecule has 16 rings (SSSR count). The highest BCUT2D eigenvalue weighted by Gasteiger charge is 2.56. The summed E-state index contributed by atoms with van der Waals surface area (Å²) in [6.07, 6.45) is 16.0. The van der Waals surface area contributed by atoms with E-state index in [0.717, 1.165) is 64.2 Å². The van der Waals surface area contributed by atoms with Gasteiger partial charge in [0.15, 0.2) is 5.82 Å². The molecule has 310 valence electrons. The maximum Gasteiger partial charge on any atom is 0.165 e. The van der Waals surface area contributed by atoms with E-state index in [2.05, 4.69) is 150 Å². The Morgan fingerprint density at radius 1 is 0.365 bits per heavy atom. The molecule has 4 heteroatoms. The number of fused-ring (bicyclic) bond motifs is 3. The molecule has 6 aromatic carbocycles. The Bertz CT molecular complexity index is 2840. The fourth-order valence-electron chi connectivity index (χ4n) is 15.4. The lowest BCUT2D eigenvalue weighted by Crippen LogP contribution is -2.51. The van der Waals surface area contributed by atoms with Crippen molar-refractivity contribution in [1.82, 2.24) is 19.5 Å². The summed E-state index contributed by atoms with van der Waals surface area (Å²) in [6, 6.07) is 53.8. The Morgan fingerprint density at radius 2 is 0.762 bits per heavy atom. The number of rotatable bonds is 7. The fourth-order valence-corrected chi connectivity index (χ4v) is 15.4. The third kappa shape index (κ3) is 5.82. The molecule has 0 radical (unpaired) electrons. The summed E-state index contributed by atoms with van der Waals surface area (Å²) in [6.45, 7) is 0. The first-order valence-corrected chi connectivity index (χ1v) is 24.2. The zero-order chi connectivity index (χ0) is 41.3. The van der Waals surface area contributed by atoms with Gasteiger partial charge in [-0.05, 0) is 171 Å². The Labute approximate surface area is 370 Å². The molecule has 8 saturated carbocycles. The summed E-state index contributed by atoms with van der Waals surface area (Å²) >= 11 is 0. The largest absolute Gasteiger partial charge is 0.308 e. The molecule has 0 N–H and O–H groups in total. The Morgan fingerprint density at radius 3 is 1.19 bits per heavy atom. The third-order valence-corrected chi connectivity index (χ3v) is 17.2. The van der Waals surface area contributed by atoms with Crippen molar-refractivity contribution >= 4 is 21.8 Å². The molecule has 2 aromatic heterocycles. The van der Waals surface area contributed by atoms with Gasteiger partial charge >= 0.3 is 0 Å². The molecule has 4 nitrogen and oxygen atoms in total. The first-order valence-electron chi connectivity index (χ1n) is 24.2. The number of nitrogens with zero attached hydrogens (tertiary/aromatic N) is 4. The van der Waals surface area contributed by atoms with Crippen LogP contribution in [0.4, 0.5) is 0 Å². The quantitative estimate of drug-likeness (QED) is 0.161. The summed E-state index contributed by atoms with van der Waals surface area (Å²) < 4.78 is 2.56. The molecule has 2 heterocycles. The molecule has 0 unspecified atom stereocenters. The van der Waals surface area contributed by atoms with Crippen molar-refractivity contribution in [3.8, 4) is 50.5 Å². The second-order valence-corrected chi connectivity index (χ2v) is 21.3. The highest BCUT2D eigenvalue weighted by Crippen LogP contribution is 2.63. The van der Waals surface area contributed by atoms with E-state index in [4.69, 9.17) is 15.0 Å². The van der Waals surface area contributed by atoms with Gasteiger partial charge in [-0.25, -0.2) is 15.0 Å². The van der Waals surface area contributed by atoms with Crippen LogP contribution in [0, 0.1) is 35.5 Å². The topological polar surface area (TPSA) is 43.6 Å². The van der Waals surface area contributed by atoms with Crippen molar-refractivity contribution in [3.05, 3.63) is 157 Å². The second-order valence-electron chi connectivity index (χ2n) is 21.3. The van der Waals surface area contributed by atoms with Gasteiger partial charge in [0.1, 0.15) is 11.6 Å². The predicted octanol–water partition coefficient (Wildman–Crippen LogP) is 14.6. The van der Waals surface area contributed by atoms with Crippen LogP contribution < -0.4 is 0 Å². The van der Waals surface area contributed by atoms with Gasteiger partial charge in [-0.2, -0.15) is 0 Å². The van der Waals surface area contributed by atoms with Gasteiger partial charge in [0.25, 0.3) is 0 Å². The molecule has 8 bridgehead atoms. The number of hydrogen-bond donors (Lipinski definition) is 0. The van der Waals surface area contributed by atoms with Crippen LogP contribution in [0.15, 0.2) is 146 Å². The first-order chi connectivity index (χ1) is 31.0. The Kier molecular flexibility index (Phi) is 8.02. The SMILES string of the molecule is c1ccc(-c2ccc3c(c2)c2cc(-c4ccccc4)ccc2n3-c2c(-c3ccccc3)cccc2-c2nc(C34CC5CC(CC(C5)C3)C4)nc(C34CC5CC(CC(C5)C3)C4)n2)cc1. The van der Waals surface area contributed by atoms with Gasteiger partial charge in [0, 0.05) is 32.7 Å². The summed E-state index contributed by atoms with van der Waals surface area (Å²) in [4.78, 5) is 17.6. The third-order valence-electron chi connectivity index (χ3n) is 17.2. The van der Waals surface area contributed by atoms with E-state index >= 15 is 0 Å². The molecule has 8 fully saturated rings. The molecule has 0 amide bonds. The number of para-hydroxylation sites is 1. The van der Waals surface area contributed by atoms with Crippen molar-refractivity contribution < 1.29 is 0 Å². The lowest BCUT2D eigenvalue weighted by molar-refractivity contribution is -0.0155. The predicted molar refractivity (Wildman–Crippen MR) is 256 cm³/mol. The highest BCUT2D eigenvalue weighted by molar-refractivity contribution is 6.12.